The van der Waals surface area contributed by atoms with Crippen LogP contribution in [-0.2, 0) is 6.42 Å². The second kappa shape index (κ2) is 5.22. The molecule has 2 aromatic rings. The smallest absolute Gasteiger partial charge is 0.224 e. The summed E-state index contributed by atoms with van der Waals surface area (Å²) >= 11 is 8.99. The predicted molar refractivity (Wildman–Crippen MR) is 61.2 cm³/mol. The van der Waals surface area contributed by atoms with Crippen molar-refractivity contribution in [2.45, 2.75) is 6.42 Å². The highest BCUT2D eigenvalue weighted by Gasteiger charge is 2.04. The Morgan fingerprint density at radius 2 is 2.31 bits per heavy atom. The normalized spacial score (nSPS) is 10.4. The van der Waals surface area contributed by atoms with Gasteiger partial charge in [-0.15, -0.1) is 0 Å². The van der Waals surface area contributed by atoms with Gasteiger partial charge in [0.1, 0.15) is 5.82 Å². The zero-order valence-corrected chi connectivity index (χ0v) is 10.4. The van der Waals surface area contributed by atoms with Crippen LogP contribution in [0, 0.1) is 0 Å². The number of aromatic nitrogens is 4. The zero-order chi connectivity index (χ0) is 11.4. The molecule has 0 bridgehead atoms. The van der Waals surface area contributed by atoms with E-state index in [1.54, 1.807) is 6.20 Å². The van der Waals surface area contributed by atoms with Crippen molar-refractivity contribution in [2.24, 2.45) is 0 Å². The van der Waals surface area contributed by atoms with Crippen molar-refractivity contribution in [3.63, 3.8) is 0 Å². The first-order valence-corrected chi connectivity index (χ1v) is 5.60. The predicted octanol–water partition coefficient (Wildman–Crippen LogP) is 1.93. The number of halogens is 2. The Morgan fingerprint density at radius 1 is 1.44 bits per heavy atom. The molecule has 0 atom stereocenters. The van der Waals surface area contributed by atoms with E-state index >= 15 is 0 Å². The lowest BCUT2D eigenvalue weighted by Crippen LogP contribution is -2.08. The van der Waals surface area contributed by atoms with E-state index in [1.165, 1.54) is 6.39 Å². The Hall–Kier alpha value is -1.21. The van der Waals surface area contributed by atoms with Gasteiger partial charge in [-0.2, -0.15) is 9.97 Å². The van der Waals surface area contributed by atoms with E-state index in [9.17, 15) is 0 Å². The molecule has 0 fully saturated rings. The highest BCUT2D eigenvalue weighted by atomic mass is 79.9. The number of hydrogen-bond acceptors (Lipinski definition) is 6. The van der Waals surface area contributed by atoms with E-state index in [0.717, 1.165) is 4.47 Å². The molecule has 0 unspecified atom stereocenters. The number of hydrogen-bond donors (Lipinski definition) is 1. The molecule has 0 aromatic carbocycles. The lowest BCUT2D eigenvalue weighted by molar-refractivity contribution is 0.410. The van der Waals surface area contributed by atoms with Gasteiger partial charge < -0.3 is 9.84 Å². The molecule has 6 nitrogen and oxygen atoms in total. The van der Waals surface area contributed by atoms with Gasteiger partial charge in [0.2, 0.25) is 11.7 Å². The minimum absolute atomic E-state index is 0.199. The lowest BCUT2D eigenvalue weighted by atomic mass is 10.4. The number of anilines is 1. The van der Waals surface area contributed by atoms with E-state index in [2.05, 4.69) is 45.9 Å². The topological polar surface area (TPSA) is 76.7 Å². The molecular weight excluding hydrogens is 297 g/mol. The van der Waals surface area contributed by atoms with Gasteiger partial charge in [-0.3, -0.25) is 0 Å². The van der Waals surface area contributed by atoms with Crippen molar-refractivity contribution < 1.29 is 4.52 Å². The van der Waals surface area contributed by atoms with E-state index in [4.69, 9.17) is 11.6 Å². The van der Waals surface area contributed by atoms with Gasteiger partial charge in [0.25, 0.3) is 0 Å². The Morgan fingerprint density at radius 3 is 3.06 bits per heavy atom. The Bertz CT molecular complexity index is 463. The Labute approximate surface area is 105 Å². The molecule has 16 heavy (non-hydrogen) atoms. The van der Waals surface area contributed by atoms with Crippen LogP contribution in [0.5, 0.6) is 0 Å². The van der Waals surface area contributed by atoms with Crippen molar-refractivity contribution in [1.82, 2.24) is 20.1 Å². The third kappa shape index (κ3) is 2.89. The molecule has 2 aromatic heterocycles. The highest BCUT2D eigenvalue weighted by molar-refractivity contribution is 9.10. The summed E-state index contributed by atoms with van der Waals surface area (Å²) in [6, 6.07) is 0. The minimum atomic E-state index is 0.199. The van der Waals surface area contributed by atoms with Gasteiger partial charge in [-0.05, 0) is 27.5 Å². The zero-order valence-electron chi connectivity index (χ0n) is 8.02. The number of nitrogens with zero attached hydrogens (tertiary/aromatic N) is 4. The van der Waals surface area contributed by atoms with E-state index in [1.807, 2.05) is 0 Å². The molecule has 0 saturated carbocycles. The van der Waals surface area contributed by atoms with Gasteiger partial charge in [0, 0.05) is 19.2 Å². The van der Waals surface area contributed by atoms with Crippen LogP contribution in [0.4, 0.5) is 5.82 Å². The molecule has 84 valence electrons. The Balaban J connectivity index is 1.92. The molecule has 0 aliphatic rings. The third-order valence-corrected chi connectivity index (χ3v) is 2.53. The number of rotatable bonds is 4. The van der Waals surface area contributed by atoms with Gasteiger partial charge >= 0.3 is 0 Å². The molecule has 1 N–H and O–H groups in total. The van der Waals surface area contributed by atoms with Crippen LogP contribution in [-0.4, -0.2) is 26.7 Å². The summed E-state index contributed by atoms with van der Waals surface area (Å²) in [5.41, 5.74) is 0. The van der Waals surface area contributed by atoms with Crippen molar-refractivity contribution in [1.29, 1.82) is 0 Å². The van der Waals surface area contributed by atoms with Crippen LogP contribution in [0.3, 0.4) is 0 Å². The van der Waals surface area contributed by atoms with Gasteiger partial charge in [0.15, 0.2) is 5.82 Å². The fraction of sp³-hybridized carbons (Fsp3) is 0.250. The maximum atomic E-state index is 5.67. The van der Waals surface area contributed by atoms with Crippen LogP contribution < -0.4 is 5.32 Å². The quantitative estimate of drug-likeness (QED) is 0.870. The maximum Gasteiger partial charge on any atom is 0.224 e. The molecule has 8 heteroatoms. The summed E-state index contributed by atoms with van der Waals surface area (Å²) in [7, 11) is 0. The van der Waals surface area contributed by atoms with E-state index in [0.29, 0.717) is 24.6 Å². The average molecular weight is 305 g/mol. The first-order valence-electron chi connectivity index (χ1n) is 4.43. The highest BCUT2D eigenvalue weighted by Crippen LogP contribution is 2.19. The first-order chi connectivity index (χ1) is 7.75. The summed E-state index contributed by atoms with van der Waals surface area (Å²) in [6.07, 6.45) is 3.53. The van der Waals surface area contributed by atoms with E-state index < -0.39 is 0 Å². The lowest BCUT2D eigenvalue weighted by Gasteiger charge is -2.05. The maximum absolute atomic E-state index is 5.67. The van der Waals surface area contributed by atoms with Crippen molar-refractivity contribution in [3.8, 4) is 0 Å². The average Bonchev–Trinajstić information content (AvgIpc) is 2.76. The van der Waals surface area contributed by atoms with Crippen LogP contribution in [0.2, 0.25) is 5.28 Å². The van der Waals surface area contributed by atoms with Gasteiger partial charge in [-0.25, -0.2) is 4.98 Å². The summed E-state index contributed by atoms with van der Waals surface area (Å²) in [5, 5.41) is 6.98. The fourth-order valence-corrected chi connectivity index (χ4v) is 1.53. The third-order valence-electron chi connectivity index (χ3n) is 1.76. The SMILES string of the molecule is Clc1ncc(Br)c(NCCc2ncon2)n1. The van der Waals surface area contributed by atoms with Gasteiger partial charge in [0.05, 0.1) is 4.47 Å². The summed E-state index contributed by atoms with van der Waals surface area (Å²) in [6.45, 7) is 0.630. The molecule has 0 aliphatic carbocycles. The van der Waals surface area contributed by atoms with Crippen LogP contribution in [0.25, 0.3) is 0 Å². The molecule has 0 spiro atoms. The van der Waals surface area contributed by atoms with Crippen LogP contribution >= 0.6 is 27.5 Å². The van der Waals surface area contributed by atoms with Crippen molar-refractivity contribution in [2.75, 3.05) is 11.9 Å². The second-order valence-corrected chi connectivity index (χ2v) is 4.05. The molecule has 0 saturated heterocycles. The first kappa shape index (κ1) is 11.3. The fourth-order valence-electron chi connectivity index (χ4n) is 1.06. The minimum Gasteiger partial charge on any atom is -0.369 e. The largest absolute Gasteiger partial charge is 0.369 e. The molecule has 0 amide bonds. The summed E-state index contributed by atoms with van der Waals surface area (Å²) < 4.78 is 5.37. The van der Waals surface area contributed by atoms with Crippen molar-refractivity contribution >= 4 is 33.3 Å². The van der Waals surface area contributed by atoms with Crippen LogP contribution in [0.1, 0.15) is 5.82 Å². The standard InChI is InChI=1S/C8H7BrClN5O/c9-5-3-12-8(10)14-7(5)11-2-1-6-13-4-16-15-6/h3-4H,1-2H2,(H,11,12,14). The summed E-state index contributed by atoms with van der Waals surface area (Å²) in [5.74, 6) is 1.28. The monoisotopic (exact) mass is 303 g/mol. The molecule has 0 radical (unpaired) electrons. The van der Waals surface area contributed by atoms with E-state index in [-0.39, 0.29) is 5.28 Å². The molecular formula is C8H7BrClN5O. The second-order valence-electron chi connectivity index (χ2n) is 2.86. The molecule has 2 heterocycles. The molecule has 0 aliphatic heterocycles. The molecule has 2 rings (SSSR count). The van der Waals surface area contributed by atoms with Crippen molar-refractivity contribution in [3.05, 3.63) is 28.2 Å². The van der Waals surface area contributed by atoms with Gasteiger partial charge in [-0.1, -0.05) is 5.16 Å². The van der Waals surface area contributed by atoms with Crippen LogP contribution in [0.15, 0.2) is 21.6 Å². The summed E-state index contributed by atoms with van der Waals surface area (Å²) in [4.78, 5) is 11.7. The Kier molecular flexibility index (Phi) is 3.68. The number of nitrogens with one attached hydrogen (secondary N) is 1.